The van der Waals surface area contributed by atoms with Gasteiger partial charge < -0.3 is 4.57 Å². The first-order chi connectivity index (χ1) is 12.1. The molecule has 0 bridgehead atoms. The first kappa shape index (κ1) is 18.6. The Labute approximate surface area is 162 Å². The van der Waals surface area contributed by atoms with Crippen molar-refractivity contribution in [1.82, 2.24) is 14.5 Å². The van der Waals surface area contributed by atoms with Gasteiger partial charge in [0.2, 0.25) is 0 Å². The van der Waals surface area contributed by atoms with Gasteiger partial charge in [-0.15, -0.1) is 11.8 Å². The maximum absolute atomic E-state index is 6.20. The summed E-state index contributed by atoms with van der Waals surface area (Å²) in [5.74, 6) is 2.13. The molecule has 0 amide bonds. The predicted molar refractivity (Wildman–Crippen MR) is 108 cm³/mol. The molecule has 0 N–H and O–H groups in total. The number of aromatic nitrogens is 3. The molecule has 0 atom stereocenters. The van der Waals surface area contributed by atoms with E-state index in [0.717, 1.165) is 46.4 Å². The minimum absolute atomic E-state index is 0.683. The monoisotopic (exact) mass is 393 g/mol. The Hall–Kier alpha value is -1.23. The van der Waals surface area contributed by atoms with Gasteiger partial charge in [-0.2, -0.15) is 0 Å². The quantitative estimate of drug-likeness (QED) is 0.347. The highest BCUT2D eigenvalue weighted by Gasteiger charge is 2.09. The van der Waals surface area contributed by atoms with Crippen LogP contribution in [0.25, 0.3) is 11.0 Å². The van der Waals surface area contributed by atoms with Gasteiger partial charge in [-0.05, 0) is 56.2 Å². The lowest BCUT2D eigenvalue weighted by atomic mass is 10.2. The summed E-state index contributed by atoms with van der Waals surface area (Å²) in [4.78, 5) is 9.95. The number of hydrogen-bond acceptors (Lipinski definition) is 3. The molecule has 2 heterocycles. The highest BCUT2D eigenvalue weighted by molar-refractivity contribution is 7.99. The minimum atomic E-state index is 0.683. The lowest BCUT2D eigenvalue weighted by molar-refractivity contribution is 0.603. The van der Waals surface area contributed by atoms with E-state index in [0.29, 0.717) is 5.02 Å². The third-order valence-corrected chi connectivity index (χ3v) is 6.02. The van der Waals surface area contributed by atoms with Crippen LogP contribution in [0, 0.1) is 13.8 Å². The van der Waals surface area contributed by atoms with E-state index >= 15 is 0 Å². The molecular formula is C19H21Cl2N3S. The average Bonchev–Trinajstić information content (AvgIpc) is 2.89. The van der Waals surface area contributed by atoms with E-state index in [1.54, 1.807) is 17.8 Å². The molecule has 3 aromatic rings. The summed E-state index contributed by atoms with van der Waals surface area (Å²) in [7, 11) is 0. The Kier molecular flexibility index (Phi) is 6.26. The maximum atomic E-state index is 6.20. The lowest BCUT2D eigenvalue weighted by Crippen LogP contribution is -2.02. The van der Waals surface area contributed by atoms with Crippen molar-refractivity contribution < 1.29 is 0 Å². The van der Waals surface area contributed by atoms with Gasteiger partial charge in [0.05, 0.1) is 16.7 Å². The number of unbranched alkanes of at least 4 members (excludes halogenated alkanes) is 2. The lowest BCUT2D eigenvalue weighted by Gasteiger charge is -2.08. The molecule has 6 heteroatoms. The first-order valence-electron chi connectivity index (χ1n) is 8.41. The molecule has 1 aromatic carbocycles. The van der Waals surface area contributed by atoms with Crippen LogP contribution in [0.5, 0.6) is 0 Å². The normalized spacial score (nSPS) is 11.4. The van der Waals surface area contributed by atoms with Gasteiger partial charge in [0.15, 0.2) is 0 Å². The summed E-state index contributed by atoms with van der Waals surface area (Å²) in [5.41, 5.74) is 3.39. The molecule has 0 aliphatic heterocycles. The van der Waals surface area contributed by atoms with Crippen LogP contribution in [-0.4, -0.2) is 20.3 Å². The van der Waals surface area contributed by atoms with Gasteiger partial charge in [-0.3, -0.25) is 4.98 Å². The summed E-state index contributed by atoms with van der Waals surface area (Å²) in [6.45, 7) is 5.16. The van der Waals surface area contributed by atoms with Crippen molar-refractivity contribution in [3.63, 3.8) is 0 Å². The SMILES string of the molecule is Cc1cncc2nc(C)n(CCCCCSc3ccc(Cl)cc3Cl)c12. The van der Waals surface area contributed by atoms with Crippen molar-refractivity contribution in [3.05, 3.63) is 52.0 Å². The highest BCUT2D eigenvalue weighted by Crippen LogP contribution is 2.30. The van der Waals surface area contributed by atoms with Crippen molar-refractivity contribution in [1.29, 1.82) is 0 Å². The van der Waals surface area contributed by atoms with E-state index in [9.17, 15) is 0 Å². The van der Waals surface area contributed by atoms with Crippen molar-refractivity contribution >= 4 is 46.0 Å². The Bertz CT molecular complexity index is 876. The second-order valence-electron chi connectivity index (χ2n) is 6.12. The Morgan fingerprint density at radius 1 is 1.08 bits per heavy atom. The molecular weight excluding hydrogens is 373 g/mol. The molecule has 0 saturated carbocycles. The number of thioether (sulfide) groups is 1. The number of halogens is 2. The van der Waals surface area contributed by atoms with Gasteiger partial charge in [0, 0.05) is 22.7 Å². The van der Waals surface area contributed by atoms with E-state index < -0.39 is 0 Å². The number of fused-ring (bicyclic) bond motifs is 1. The fourth-order valence-electron chi connectivity index (χ4n) is 2.97. The smallest absolute Gasteiger partial charge is 0.107 e. The molecule has 0 fully saturated rings. The molecule has 0 aliphatic carbocycles. The molecule has 3 rings (SSSR count). The number of rotatable bonds is 7. The summed E-state index contributed by atoms with van der Waals surface area (Å²) in [5, 5.41) is 1.42. The van der Waals surface area contributed by atoms with Gasteiger partial charge in [-0.1, -0.05) is 29.6 Å². The van der Waals surface area contributed by atoms with E-state index in [-0.39, 0.29) is 0 Å². The second kappa shape index (κ2) is 8.43. The van der Waals surface area contributed by atoms with Crippen LogP contribution in [0.3, 0.4) is 0 Å². The Balaban J connectivity index is 1.48. The van der Waals surface area contributed by atoms with Crippen LogP contribution in [0.4, 0.5) is 0 Å². The van der Waals surface area contributed by atoms with E-state index in [4.69, 9.17) is 23.2 Å². The average molecular weight is 394 g/mol. The van der Waals surface area contributed by atoms with Gasteiger partial charge in [0.25, 0.3) is 0 Å². The molecule has 0 saturated heterocycles. The third-order valence-electron chi connectivity index (χ3n) is 4.20. The van der Waals surface area contributed by atoms with Crippen LogP contribution in [0.15, 0.2) is 35.5 Å². The van der Waals surface area contributed by atoms with Crippen LogP contribution in [0.2, 0.25) is 10.0 Å². The number of nitrogens with zero attached hydrogens (tertiary/aromatic N) is 3. The van der Waals surface area contributed by atoms with Gasteiger partial charge >= 0.3 is 0 Å². The van der Waals surface area contributed by atoms with Crippen molar-refractivity contribution in [2.75, 3.05) is 5.75 Å². The zero-order valence-corrected chi connectivity index (χ0v) is 16.8. The number of aryl methyl sites for hydroxylation is 3. The van der Waals surface area contributed by atoms with Crippen LogP contribution in [-0.2, 0) is 6.54 Å². The van der Waals surface area contributed by atoms with Crippen LogP contribution in [0.1, 0.15) is 30.7 Å². The number of pyridine rings is 1. The van der Waals surface area contributed by atoms with Crippen LogP contribution < -0.4 is 0 Å². The molecule has 132 valence electrons. The van der Waals surface area contributed by atoms with E-state index in [2.05, 4.69) is 28.4 Å². The topological polar surface area (TPSA) is 30.7 Å². The van der Waals surface area contributed by atoms with Gasteiger partial charge in [0.1, 0.15) is 11.3 Å². The standard InChI is InChI=1S/C19H21Cl2N3S/c1-13-11-22-12-17-19(13)24(14(2)23-17)8-4-3-5-9-25-18-7-6-15(20)10-16(18)21/h6-7,10-12H,3-5,8-9H2,1-2H3. The highest BCUT2D eigenvalue weighted by atomic mass is 35.5. The molecule has 0 unspecified atom stereocenters. The Morgan fingerprint density at radius 2 is 1.92 bits per heavy atom. The Morgan fingerprint density at radius 3 is 2.72 bits per heavy atom. The summed E-state index contributed by atoms with van der Waals surface area (Å²) in [6, 6.07) is 5.68. The fraction of sp³-hybridized carbons (Fsp3) is 0.368. The zero-order chi connectivity index (χ0) is 17.8. The largest absolute Gasteiger partial charge is 0.328 e. The molecule has 2 aromatic heterocycles. The third kappa shape index (κ3) is 4.49. The van der Waals surface area contributed by atoms with Gasteiger partial charge in [-0.25, -0.2) is 4.98 Å². The van der Waals surface area contributed by atoms with E-state index in [1.165, 1.54) is 17.5 Å². The minimum Gasteiger partial charge on any atom is -0.328 e. The number of hydrogen-bond donors (Lipinski definition) is 0. The zero-order valence-electron chi connectivity index (χ0n) is 14.4. The fourth-order valence-corrected chi connectivity index (χ4v) is 4.47. The summed E-state index contributed by atoms with van der Waals surface area (Å²) in [6.07, 6.45) is 7.24. The summed E-state index contributed by atoms with van der Waals surface area (Å²) < 4.78 is 2.32. The predicted octanol–water partition coefficient (Wildman–Crippen LogP) is 6.32. The molecule has 0 spiro atoms. The number of benzene rings is 1. The molecule has 0 aliphatic rings. The van der Waals surface area contributed by atoms with Crippen molar-refractivity contribution in [3.8, 4) is 0 Å². The van der Waals surface area contributed by atoms with Crippen molar-refractivity contribution in [2.24, 2.45) is 0 Å². The van der Waals surface area contributed by atoms with Crippen LogP contribution >= 0.6 is 35.0 Å². The van der Waals surface area contributed by atoms with Crippen molar-refractivity contribution in [2.45, 2.75) is 44.6 Å². The molecule has 0 radical (unpaired) electrons. The second-order valence-corrected chi connectivity index (χ2v) is 8.10. The molecule has 3 nitrogen and oxygen atoms in total. The summed E-state index contributed by atoms with van der Waals surface area (Å²) >= 11 is 13.9. The number of imidazole rings is 1. The first-order valence-corrected chi connectivity index (χ1v) is 10.2. The molecule has 25 heavy (non-hydrogen) atoms. The maximum Gasteiger partial charge on any atom is 0.107 e. The van der Waals surface area contributed by atoms with E-state index in [1.807, 2.05) is 24.5 Å².